The zero-order chi connectivity index (χ0) is 10.8. The minimum Gasteiger partial charge on any atom is -0.391 e. The van der Waals surface area contributed by atoms with Crippen molar-refractivity contribution >= 4 is 19.6 Å². The highest BCUT2D eigenvalue weighted by Gasteiger charge is 2.15. The van der Waals surface area contributed by atoms with Gasteiger partial charge in [-0.05, 0) is 41.7 Å². The van der Waals surface area contributed by atoms with Gasteiger partial charge in [0.25, 0.3) is 0 Å². The number of fused-ring (bicyclic) bond motifs is 1. The molecule has 0 aromatic heterocycles. The SMILES string of the molecule is [B]C1Cc2cc(/C=C(/F)CN)ccc2N1. The molecule has 0 aliphatic carbocycles. The van der Waals surface area contributed by atoms with Crippen LogP contribution in [0.5, 0.6) is 0 Å². The van der Waals surface area contributed by atoms with Gasteiger partial charge in [-0.2, -0.15) is 0 Å². The van der Waals surface area contributed by atoms with Crippen molar-refractivity contribution in [3.8, 4) is 0 Å². The van der Waals surface area contributed by atoms with E-state index in [2.05, 4.69) is 5.32 Å². The van der Waals surface area contributed by atoms with Gasteiger partial charge in [0.15, 0.2) is 0 Å². The van der Waals surface area contributed by atoms with Crippen molar-refractivity contribution in [1.82, 2.24) is 0 Å². The molecule has 3 N–H and O–H groups in total. The second-order valence-corrected chi connectivity index (χ2v) is 3.67. The van der Waals surface area contributed by atoms with Gasteiger partial charge < -0.3 is 11.1 Å². The van der Waals surface area contributed by atoms with Crippen LogP contribution in [0.1, 0.15) is 11.1 Å². The van der Waals surface area contributed by atoms with E-state index in [1.165, 1.54) is 6.08 Å². The van der Waals surface area contributed by atoms with Crippen molar-refractivity contribution in [2.24, 2.45) is 5.73 Å². The molecule has 4 heteroatoms. The van der Waals surface area contributed by atoms with Crippen molar-refractivity contribution < 1.29 is 4.39 Å². The van der Waals surface area contributed by atoms with Crippen LogP contribution in [0.25, 0.3) is 6.08 Å². The van der Waals surface area contributed by atoms with E-state index in [0.717, 1.165) is 23.2 Å². The molecule has 0 saturated heterocycles. The highest BCUT2D eigenvalue weighted by molar-refractivity contribution is 6.14. The molecule has 0 saturated carbocycles. The Balaban J connectivity index is 2.27. The van der Waals surface area contributed by atoms with Gasteiger partial charge in [0.2, 0.25) is 0 Å². The van der Waals surface area contributed by atoms with Gasteiger partial charge in [0.1, 0.15) is 5.83 Å². The molecule has 1 unspecified atom stereocenters. The summed E-state index contributed by atoms with van der Waals surface area (Å²) in [4.78, 5) is 0. The van der Waals surface area contributed by atoms with Gasteiger partial charge >= 0.3 is 0 Å². The maximum Gasteiger partial charge on any atom is 0.114 e. The first kappa shape index (κ1) is 10.2. The molecule has 0 amide bonds. The molecule has 0 spiro atoms. The molecule has 1 aliphatic rings. The Kier molecular flexibility index (Phi) is 2.78. The van der Waals surface area contributed by atoms with Crippen LogP contribution in [0, 0.1) is 0 Å². The largest absolute Gasteiger partial charge is 0.391 e. The maximum atomic E-state index is 12.9. The van der Waals surface area contributed by atoms with Crippen LogP contribution in [0.3, 0.4) is 0 Å². The highest BCUT2D eigenvalue weighted by atomic mass is 19.1. The molecule has 2 rings (SSSR count). The van der Waals surface area contributed by atoms with Gasteiger partial charge in [-0.25, -0.2) is 4.39 Å². The lowest BCUT2D eigenvalue weighted by molar-refractivity contribution is 0.626. The standard InChI is InChI=1S/C11H12BFN2/c12-11-5-8-3-7(4-9(13)6-14)1-2-10(8)15-11/h1-4,11,15H,5-6,14H2/b9-4+. The van der Waals surface area contributed by atoms with E-state index in [1.54, 1.807) is 0 Å². The molecule has 2 radical (unpaired) electrons. The van der Waals surface area contributed by atoms with Gasteiger partial charge in [-0.1, -0.05) is 6.07 Å². The van der Waals surface area contributed by atoms with Crippen molar-refractivity contribution in [3.63, 3.8) is 0 Å². The fraction of sp³-hybridized carbons (Fsp3) is 0.273. The fourth-order valence-corrected chi connectivity index (χ4v) is 1.74. The summed E-state index contributed by atoms with van der Waals surface area (Å²) in [5.74, 6) is -0.344. The number of anilines is 1. The maximum absolute atomic E-state index is 12.9. The molecule has 1 atom stereocenters. The smallest absolute Gasteiger partial charge is 0.114 e. The number of benzene rings is 1. The summed E-state index contributed by atoms with van der Waals surface area (Å²) in [5.41, 5.74) is 8.17. The Labute approximate surface area is 89.8 Å². The first-order valence-corrected chi connectivity index (χ1v) is 4.90. The lowest BCUT2D eigenvalue weighted by Gasteiger charge is -2.02. The average Bonchev–Trinajstić information content (AvgIpc) is 2.57. The number of rotatable bonds is 2. The molecule has 2 nitrogen and oxygen atoms in total. The van der Waals surface area contributed by atoms with Crippen molar-refractivity contribution in [3.05, 3.63) is 35.2 Å². The lowest BCUT2D eigenvalue weighted by Crippen LogP contribution is -2.13. The van der Waals surface area contributed by atoms with Crippen molar-refractivity contribution in [2.45, 2.75) is 12.4 Å². The van der Waals surface area contributed by atoms with Crippen LogP contribution in [0.4, 0.5) is 10.1 Å². The van der Waals surface area contributed by atoms with E-state index in [9.17, 15) is 4.39 Å². The number of nitrogens with two attached hydrogens (primary N) is 1. The molecular formula is C11H12BFN2. The molecule has 0 fully saturated rings. The first-order valence-electron chi connectivity index (χ1n) is 4.90. The van der Waals surface area contributed by atoms with Crippen LogP contribution < -0.4 is 11.1 Å². The Morgan fingerprint density at radius 3 is 3.20 bits per heavy atom. The molecular weight excluding hydrogens is 190 g/mol. The van der Waals surface area contributed by atoms with Crippen LogP contribution >= 0.6 is 0 Å². The summed E-state index contributed by atoms with van der Waals surface area (Å²) in [6, 6.07) is 5.70. The monoisotopic (exact) mass is 202 g/mol. The summed E-state index contributed by atoms with van der Waals surface area (Å²) in [5, 5.41) is 3.13. The van der Waals surface area contributed by atoms with Crippen molar-refractivity contribution in [2.75, 3.05) is 11.9 Å². The Morgan fingerprint density at radius 1 is 1.67 bits per heavy atom. The summed E-state index contributed by atoms with van der Waals surface area (Å²) in [7, 11) is 5.74. The number of hydrogen-bond donors (Lipinski definition) is 2. The second-order valence-electron chi connectivity index (χ2n) is 3.67. The Hall–Kier alpha value is -1.29. The van der Waals surface area contributed by atoms with Gasteiger partial charge in [0, 0.05) is 12.2 Å². The van der Waals surface area contributed by atoms with Crippen LogP contribution in [-0.2, 0) is 6.42 Å². The number of hydrogen-bond acceptors (Lipinski definition) is 2. The predicted octanol–water partition coefficient (Wildman–Crippen LogP) is 1.42. The zero-order valence-corrected chi connectivity index (χ0v) is 8.33. The van der Waals surface area contributed by atoms with E-state index < -0.39 is 0 Å². The molecule has 15 heavy (non-hydrogen) atoms. The van der Waals surface area contributed by atoms with E-state index >= 15 is 0 Å². The molecule has 0 bridgehead atoms. The Bertz CT molecular complexity index is 404. The Morgan fingerprint density at radius 2 is 2.47 bits per heavy atom. The minimum atomic E-state index is -0.315. The van der Waals surface area contributed by atoms with Crippen LogP contribution in [-0.4, -0.2) is 20.3 Å². The number of nitrogens with one attached hydrogen (secondary N) is 1. The van der Waals surface area contributed by atoms with Crippen molar-refractivity contribution in [1.29, 1.82) is 0 Å². The minimum absolute atomic E-state index is 0.0291. The summed E-state index contributed by atoms with van der Waals surface area (Å²) in [6.45, 7) is -0.0607. The predicted molar refractivity (Wildman–Crippen MR) is 61.5 cm³/mol. The van der Waals surface area contributed by atoms with Crippen LogP contribution in [0.2, 0.25) is 0 Å². The van der Waals surface area contributed by atoms with Gasteiger partial charge in [-0.15, -0.1) is 0 Å². The molecule has 1 aromatic rings. The quantitative estimate of drug-likeness (QED) is 0.711. The fourth-order valence-electron chi connectivity index (χ4n) is 1.74. The third-order valence-corrected chi connectivity index (χ3v) is 2.43. The third-order valence-electron chi connectivity index (χ3n) is 2.43. The number of halogens is 1. The van der Waals surface area contributed by atoms with E-state index in [0.29, 0.717) is 0 Å². The van der Waals surface area contributed by atoms with E-state index in [-0.39, 0.29) is 18.3 Å². The summed E-state index contributed by atoms with van der Waals surface area (Å²) in [6.07, 6.45) is 2.23. The molecule has 1 heterocycles. The zero-order valence-electron chi connectivity index (χ0n) is 8.33. The van der Waals surface area contributed by atoms with Gasteiger partial charge in [0.05, 0.1) is 7.85 Å². The van der Waals surface area contributed by atoms with Crippen LogP contribution in [0.15, 0.2) is 24.0 Å². The second kappa shape index (κ2) is 4.07. The molecule has 1 aromatic carbocycles. The van der Waals surface area contributed by atoms with E-state index in [4.69, 9.17) is 13.6 Å². The third kappa shape index (κ3) is 2.21. The summed E-state index contributed by atoms with van der Waals surface area (Å²) >= 11 is 0. The molecule has 76 valence electrons. The van der Waals surface area contributed by atoms with E-state index in [1.807, 2.05) is 18.2 Å². The topological polar surface area (TPSA) is 38.0 Å². The normalized spacial score (nSPS) is 19.9. The molecule has 1 aliphatic heterocycles. The first-order chi connectivity index (χ1) is 7.19. The highest BCUT2D eigenvalue weighted by Crippen LogP contribution is 2.26. The lowest BCUT2D eigenvalue weighted by atomic mass is 9.93. The summed E-state index contributed by atoms with van der Waals surface area (Å²) < 4.78 is 12.9. The average molecular weight is 202 g/mol. The van der Waals surface area contributed by atoms with Gasteiger partial charge in [-0.3, -0.25) is 0 Å².